The van der Waals surface area contributed by atoms with Crippen LogP contribution in [0.3, 0.4) is 0 Å². The van der Waals surface area contributed by atoms with E-state index in [0.717, 1.165) is 6.42 Å². The number of aliphatic hydroxyl groups excluding tert-OH is 1. The molecule has 0 bridgehead atoms. The molecule has 0 saturated heterocycles. The van der Waals surface area contributed by atoms with Gasteiger partial charge in [-0.05, 0) is 35.1 Å². The van der Waals surface area contributed by atoms with Gasteiger partial charge in [-0.2, -0.15) is 0 Å². The van der Waals surface area contributed by atoms with Crippen LogP contribution in [0.25, 0.3) is 0 Å². The second kappa shape index (κ2) is 4.11. The molecule has 3 heteroatoms. The van der Waals surface area contributed by atoms with Gasteiger partial charge >= 0.3 is 0 Å². The molecule has 1 N–H and O–H groups in total. The molecule has 1 heterocycles. The van der Waals surface area contributed by atoms with Crippen molar-refractivity contribution in [2.24, 2.45) is 0 Å². The van der Waals surface area contributed by atoms with Crippen LogP contribution in [-0.2, 0) is 6.54 Å². The molecule has 1 aromatic heterocycles. The fourth-order valence-electron chi connectivity index (χ4n) is 0.897. The molecule has 0 aromatic carbocycles. The topological polar surface area (TPSA) is 25.2 Å². The third-order valence-electron chi connectivity index (χ3n) is 1.61. The molecule has 0 aliphatic carbocycles. The molecule has 11 heavy (non-hydrogen) atoms. The Balaban J connectivity index is 2.50. The normalized spacial score (nSPS) is 13.4. The van der Waals surface area contributed by atoms with Crippen LogP contribution in [0.2, 0.25) is 0 Å². The first-order chi connectivity index (χ1) is 5.22. The summed E-state index contributed by atoms with van der Waals surface area (Å²) in [6.07, 6.45) is 4.62. The van der Waals surface area contributed by atoms with Crippen LogP contribution in [0.4, 0.5) is 0 Å². The van der Waals surface area contributed by atoms with Crippen molar-refractivity contribution in [1.82, 2.24) is 4.57 Å². The van der Waals surface area contributed by atoms with E-state index in [2.05, 4.69) is 22.6 Å². The Bertz CT molecular complexity index is 222. The lowest BCUT2D eigenvalue weighted by Gasteiger charge is -2.07. The maximum Gasteiger partial charge on any atom is 0.0716 e. The van der Waals surface area contributed by atoms with Gasteiger partial charge < -0.3 is 9.67 Å². The molecule has 0 saturated carbocycles. The van der Waals surface area contributed by atoms with E-state index < -0.39 is 0 Å². The Labute approximate surface area is 80.4 Å². The highest BCUT2D eigenvalue weighted by Crippen LogP contribution is 2.05. The number of nitrogens with zero attached hydrogens (tertiary/aromatic N) is 1. The molecule has 0 aliphatic rings. The Kier molecular flexibility index (Phi) is 3.39. The summed E-state index contributed by atoms with van der Waals surface area (Å²) in [4.78, 5) is 0. The fraction of sp³-hybridized carbons (Fsp3) is 0.500. The number of aliphatic hydroxyl groups is 1. The molecule has 1 aromatic rings. The molecule has 2 nitrogen and oxygen atoms in total. The van der Waals surface area contributed by atoms with Crippen molar-refractivity contribution in [2.75, 3.05) is 0 Å². The van der Waals surface area contributed by atoms with Gasteiger partial charge in [-0.3, -0.25) is 0 Å². The van der Waals surface area contributed by atoms with Gasteiger partial charge in [-0.1, -0.05) is 6.92 Å². The van der Waals surface area contributed by atoms with E-state index in [1.807, 2.05) is 30.0 Å². The lowest BCUT2D eigenvalue weighted by molar-refractivity contribution is 0.150. The Morgan fingerprint density at radius 2 is 2.45 bits per heavy atom. The lowest BCUT2D eigenvalue weighted by Crippen LogP contribution is -2.12. The van der Waals surface area contributed by atoms with Gasteiger partial charge in [0.05, 0.1) is 6.10 Å². The summed E-state index contributed by atoms with van der Waals surface area (Å²) in [5, 5.41) is 9.30. The maximum atomic E-state index is 9.30. The number of aromatic nitrogens is 1. The Morgan fingerprint density at radius 3 is 2.91 bits per heavy atom. The molecule has 62 valence electrons. The van der Waals surface area contributed by atoms with Crippen molar-refractivity contribution >= 4 is 22.6 Å². The number of hydrogen-bond acceptors (Lipinski definition) is 1. The monoisotopic (exact) mass is 265 g/mol. The van der Waals surface area contributed by atoms with E-state index in [1.54, 1.807) is 0 Å². The average molecular weight is 265 g/mol. The van der Waals surface area contributed by atoms with Crippen LogP contribution in [0, 0.1) is 3.57 Å². The van der Waals surface area contributed by atoms with Crippen molar-refractivity contribution in [3.8, 4) is 0 Å². The van der Waals surface area contributed by atoms with Crippen LogP contribution in [0.15, 0.2) is 18.5 Å². The van der Waals surface area contributed by atoms with Crippen LogP contribution in [-0.4, -0.2) is 15.8 Å². The molecule has 0 fully saturated rings. The smallest absolute Gasteiger partial charge is 0.0716 e. The van der Waals surface area contributed by atoms with E-state index in [0.29, 0.717) is 6.54 Å². The first-order valence-electron chi connectivity index (χ1n) is 3.71. The predicted octanol–water partition coefficient (Wildman–Crippen LogP) is 1.86. The van der Waals surface area contributed by atoms with Crippen LogP contribution in [0.1, 0.15) is 13.3 Å². The minimum absolute atomic E-state index is 0.210. The summed E-state index contributed by atoms with van der Waals surface area (Å²) in [7, 11) is 0. The molecule has 0 aliphatic heterocycles. The van der Waals surface area contributed by atoms with Crippen molar-refractivity contribution in [3.63, 3.8) is 0 Å². The molecule has 1 unspecified atom stereocenters. The van der Waals surface area contributed by atoms with E-state index in [1.165, 1.54) is 3.57 Å². The average Bonchev–Trinajstić information content (AvgIpc) is 2.35. The minimum atomic E-state index is -0.210. The molecular formula is C8H12INO. The van der Waals surface area contributed by atoms with Crippen LogP contribution >= 0.6 is 22.6 Å². The Morgan fingerprint density at radius 1 is 1.73 bits per heavy atom. The second-order valence-corrected chi connectivity index (χ2v) is 3.83. The molecule has 0 spiro atoms. The lowest BCUT2D eigenvalue weighted by atomic mass is 10.3. The van der Waals surface area contributed by atoms with Gasteiger partial charge in [0.2, 0.25) is 0 Å². The van der Waals surface area contributed by atoms with Gasteiger partial charge in [0.25, 0.3) is 0 Å². The number of halogens is 1. The number of rotatable bonds is 3. The molecular weight excluding hydrogens is 253 g/mol. The minimum Gasteiger partial charge on any atom is -0.391 e. The van der Waals surface area contributed by atoms with Crippen molar-refractivity contribution in [2.45, 2.75) is 26.0 Å². The van der Waals surface area contributed by atoms with Crippen molar-refractivity contribution < 1.29 is 5.11 Å². The van der Waals surface area contributed by atoms with Crippen molar-refractivity contribution in [3.05, 3.63) is 22.0 Å². The van der Waals surface area contributed by atoms with E-state index in [-0.39, 0.29) is 6.10 Å². The van der Waals surface area contributed by atoms with E-state index >= 15 is 0 Å². The van der Waals surface area contributed by atoms with Gasteiger partial charge in [0.1, 0.15) is 0 Å². The second-order valence-electron chi connectivity index (χ2n) is 2.59. The highest BCUT2D eigenvalue weighted by molar-refractivity contribution is 14.1. The summed E-state index contributed by atoms with van der Waals surface area (Å²) >= 11 is 2.26. The zero-order valence-electron chi connectivity index (χ0n) is 6.50. The first-order valence-corrected chi connectivity index (χ1v) is 4.79. The maximum absolute atomic E-state index is 9.30. The highest BCUT2D eigenvalue weighted by atomic mass is 127. The Hall–Kier alpha value is -0.0300. The van der Waals surface area contributed by atoms with Crippen LogP contribution < -0.4 is 0 Å². The highest BCUT2D eigenvalue weighted by Gasteiger charge is 2.00. The summed E-state index contributed by atoms with van der Waals surface area (Å²) in [6, 6.07) is 2.03. The summed E-state index contributed by atoms with van der Waals surface area (Å²) < 4.78 is 3.22. The molecule has 1 rings (SSSR count). The molecule has 1 atom stereocenters. The molecule has 0 radical (unpaired) electrons. The van der Waals surface area contributed by atoms with Crippen LogP contribution in [0.5, 0.6) is 0 Å². The molecule has 0 amide bonds. The largest absolute Gasteiger partial charge is 0.391 e. The van der Waals surface area contributed by atoms with E-state index in [9.17, 15) is 5.11 Å². The predicted molar refractivity (Wildman–Crippen MR) is 53.4 cm³/mol. The standard InChI is InChI=1S/C8H12INO/c1-2-8(11)6-10-4-3-7(9)5-10/h3-5,8,11H,2,6H2,1H3. The summed E-state index contributed by atoms with van der Waals surface area (Å²) in [5.74, 6) is 0. The summed E-state index contributed by atoms with van der Waals surface area (Å²) in [5.41, 5.74) is 0. The third-order valence-corrected chi connectivity index (χ3v) is 2.25. The third kappa shape index (κ3) is 2.83. The summed E-state index contributed by atoms with van der Waals surface area (Å²) in [6.45, 7) is 2.69. The zero-order chi connectivity index (χ0) is 8.27. The fourth-order valence-corrected chi connectivity index (χ4v) is 1.42. The first kappa shape index (κ1) is 9.06. The van der Waals surface area contributed by atoms with E-state index in [4.69, 9.17) is 0 Å². The number of hydrogen-bond donors (Lipinski definition) is 1. The SMILES string of the molecule is CCC(O)Cn1ccc(I)c1. The van der Waals surface area contributed by atoms with Gasteiger partial charge in [0.15, 0.2) is 0 Å². The van der Waals surface area contributed by atoms with Gasteiger partial charge in [-0.25, -0.2) is 0 Å². The van der Waals surface area contributed by atoms with Gasteiger partial charge in [-0.15, -0.1) is 0 Å². The zero-order valence-corrected chi connectivity index (χ0v) is 8.65. The van der Waals surface area contributed by atoms with Gasteiger partial charge in [0, 0.05) is 22.5 Å². The van der Waals surface area contributed by atoms with Crippen molar-refractivity contribution in [1.29, 1.82) is 0 Å². The quantitative estimate of drug-likeness (QED) is 0.829.